The molecule has 1 saturated heterocycles. The van der Waals surface area contributed by atoms with Gasteiger partial charge in [0.05, 0.1) is 16.1 Å². The number of aromatic nitrogens is 5. The summed E-state index contributed by atoms with van der Waals surface area (Å²) in [7, 11) is 1.93. The molecule has 0 unspecified atom stereocenters. The average Bonchev–Trinajstić information content (AvgIpc) is 3.09. The number of aryl methyl sites for hydroxylation is 3. The van der Waals surface area contributed by atoms with E-state index in [1.165, 1.54) is 0 Å². The fourth-order valence-electron chi connectivity index (χ4n) is 3.41. The molecule has 1 atom stereocenters. The van der Waals surface area contributed by atoms with E-state index in [0.29, 0.717) is 5.82 Å². The van der Waals surface area contributed by atoms with Crippen LogP contribution in [0.1, 0.15) is 36.0 Å². The maximum absolute atomic E-state index is 11.7. The summed E-state index contributed by atoms with van der Waals surface area (Å²) < 4.78 is 2.99. The van der Waals surface area contributed by atoms with Crippen LogP contribution in [0.5, 0.6) is 0 Å². The molecule has 0 saturated carbocycles. The lowest BCUT2D eigenvalue weighted by Crippen LogP contribution is -2.35. The van der Waals surface area contributed by atoms with E-state index in [1.807, 2.05) is 25.6 Å². The maximum atomic E-state index is 11.7. The summed E-state index contributed by atoms with van der Waals surface area (Å²) in [6.07, 6.45) is 2.13. The molecular formula is C16H20N6OS. The quantitative estimate of drug-likeness (QED) is 0.770. The lowest BCUT2D eigenvalue weighted by atomic mass is 9.95. The Morgan fingerprint density at radius 3 is 2.92 bits per heavy atom. The molecule has 4 heterocycles. The minimum atomic E-state index is -0.0729. The molecule has 3 aromatic heterocycles. The Morgan fingerprint density at radius 2 is 2.17 bits per heavy atom. The molecule has 4 rings (SSSR count). The number of hydrogen-bond donors (Lipinski definition) is 1. The van der Waals surface area contributed by atoms with Crippen molar-refractivity contribution in [1.82, 2.24) is 24.7 Å². The number of H-pyrrole nitrogens is 1. The summed E-state index contributed by atoms with van der Waals surface area (Å²) >= 11 is 1.70. The van der Waals surface area contributed by atoms with Gasteiger partial charge in [-0.25, -0.2) is 14.6 Å². The van der Waals surface area contributed by atoms with E-state index in [2.05, 4.69) is 20.0 Å². The van der Waals surface area contributed by atoms with Crippen molar-refractivity contribution in [2.75, 3.05) is 18.0 Å². The van der Waals surface area contributed by atoms with Gasteiger partial charge in [-0.1, -0.05) is 11.3 Å². The van der Waals surface area contributed by atoms with Crippen molar-refractivity contribution in [1.29, 1.82) is 0 Å². The molecular weight excluding hydrogens is 324 g/mol. The van der Waals surface area contributed by atoms with Gasteiger partial charge in [-0.15, -0.1) is 0 Å². The Labute approximate surface area is 143 Å². The second kappa shape index (κ2) is 5.70. The van der Waals surface area contributed by atoms with Gasteiger partial charge >= 0.3 is 0 Å². The topological polar surface area (TPSA) is 79.7 Å². The summed E-state index contributed by atoms with van der Waals surface area (Å²) in [6, 6.07) is 1.63. The van der Waals surface area contributed by atoms with Gasteiger partial charge in [-0.05, 0) is 26.7 Å². The molecule has 0 aliphatic carbocycles. The molecule has 1 aliphatic heterocycles. The largest absolute Gasteiger partial charge is 0.347 e. The third-order valence-electron chi connectivity index (χ3n) is 4.52. The first-order valence-corrected chi connectivity index (χ1v) is 8.96. The van der Waals surface area contributed by atoms with Gasteiger partial charge in [0, 0.05) is 32.1 Å². The number of rotatable bonds is 2. The molecule has 1 N–H and O–H groups in total. The van der Waals surface area contributed by atoms with Crippen LogP contribution in [0.2, 0.25) is 0 Å². The van der Waals surface area contributed by atoms with Crippen molar-refractivity contribution in [3.63, 3.8) is 0 Å². The van der Waals surface area contributed by atoms with Crippen LogP contribution in [0.25, 0.3) is 10.3 Å². The van der Waals surface area contributed by atoms with Crippen molar-refractivity contribution >= 4 is 26.8 Å². The van der Waals surface area contributed by atoms with Crippen molar-refractivity contribution in [3.8, 4) is 0 Å². The average molecular weight is 344 g/mol. The molecule has 0 spiro atoms. The molecule has 24 heavy (non-hydrogen) atoms. The molecule has 3 aromatic rings. The SMILES string of the molecule is Cc1nc([C@H]2CCCN(c3nc4c(s3)c(C)nn4C)C2)cc(=O)[nH]1. The van der Waals surface area contributed by atoms with Crippen LogP contribution in [0.3, 0.4) is 0 Å². The molecule has 0 bridgehead atoms. The van der Waals surface area contributed by atoms with Gasteiger partial charge in [0.25, 0.3) is 5.56 Å². The Bertz CT molecular complexity index is 921. The Hall–Kier alpha value is -2.22. The minimum Gasteiger partial charge on any atom is -0.347 e. The third kappa shape index (κ3) is 2.60. The lowest BCUT2D eigenvalue weighted by molar-refractivity contribution is 0.499. The number of aromatic amines is 1. The number of anilines is 1. The predicted molar refractivity (Wildman–Crippen MR) is 94.9 cm³/mol. The third-order valence-corrected chi connectivity index (χ3v) is 5.74. The van der Waals surface area contributed by atoms with E-state index in [9.17, 15) is 4.79 Å². The molecule has 126 valence electrons. The summed E-state index contributed by atoms with van der Waals surface area (Å²) in [5.74, 6) is 0.947. The standard InChI is InChI=1S/C16H20N6OS/c1-9-14-15(21(3)20-9)19-16(24-14)22-6-4-5-11(8-22)12-7-13(23)18-10(2)17-12/h7,11H,4-6,8H2,1-3H3,(H,17,18,23)/t11-/m0/s1. The van der Waals surface area contributed by atoms with Crippen molar-refractivity contribution in [2.24, 2.45) is 7.05 Å². The van der Waals surface area contributed by atoms with Gasteiger partial charge in [0.2, 0.25) is 0 Å². The summed E-state index contributed by atoms with van der Waals surface area (Å²) in [4.78, 5) is 26.1. The van der Waals surface area contributed by atoms with Crippen LogP contribution in [0, 0.1) is 13.8 Å². The normalized spacial score (nSPS) is 18.5. The van der Waals surface area contributed by atoms with E-state index in [4.69, 9.17) is 4.98 Å². The predicted octanol–water partition coefficient (Wildman–Crippen LogP) is 2.11. The van der Waals surface area contributed by atoms with Crippen LogP contribution in [0.4, 0.5) is 5.13 Å². The van der Waals surface area contributed by atoms with Gasteiger partial charge in [-0.3, -0.25) is 4.79 Å². The number of piperidine rings is 1. The number of nitrogens with one attached hydrogen (secondary N) is 1. The van der Waals surface area contributed by atoms with Gasteiger partial charge in [-0.2, -0.15) is 5.10 Å². The van der Waals surface area contributed by atoms with Crippen LogP contribution in [0.15, 0.2) is 10.9 Å². The number of thiazole rings is 1. The van der Waals surface area contributed by atoms with E-state index in [-0.39, 0.29) is 11.5 Å². The van der Waals surface area contributed by atoms with Gasteiger partial charge < -0.3 is 9.88 Å². The second-order valence-electron chi connectivity index (χ2n) is 6.40. The highest BCUT2D eigenvalue weighted by Gasteiger charge is 2.26. The summed E-state index contributed by atoms with van der Waals surface area (Å²) in [5, 5.41) is 5.45. The zero-order chi connectivity index (χ0) is 16.8. The molecule has 7 nitrogen and oxygen atoms in total. The molecule has 1 aliphatic rings. The van der Waals surface area contributed by atoms with Gasteiger partial charge in [0.1, 0.15) is 5.82 Å². The molecule has 0 amide bonds. The Balaban J connectivity index is 1.64. The van der Waals surface area contributed by atoms with Crippen LogP contribution in [-0.4, -0.2) is 37.8 Å². The van der Waals surface area contributed by atoms with Gasteiger partial charge in [0.15, 0.2) is 10.8 Å². The van der Waals surface area contributed by atoms with Crippen molar-refractivity contribution < 1.29 is 0 Å². The highest BCUT2D eigenvalue weighted by Crippen LogP contribution is 2.34. The van der Waals surface area contributed by atoms with Crippen LogP contribution >= 0.6 is 11.3 Å². The first kappa shape index (κ1) is 15.3. The van der Waals surface area contributed by atoms with Crippen molar-refractivity contribution in [3.05, 3.63) is 33.6 Å². The zero-order valence-electron chi connectivity index (χ0n) is 14.0. The smallest absolute Gasteiger partial charge is 0.251 e. The highest BCUT2D eigenvalue weighted by atomic mass is 32.1. The first-order chi connectivity index (χ1) is 11.5. The zero-order valence-corrected chi connectivity index (χ0v) is 14.9. The van der Waals surface area contributed by atoms with E-state index >= 15 is 0 Å². The van der Waals surface area contributed by atoms with E-state index in [1.54, 1.807) is 17.4 Å². The fourth-order valence-corrected chi connectivity index (χ4v) is 4.48. The Kier molecular flexibility index (Phi) is 3.64. The molecule has 1 fully saturated rings. The van der Waals surface area contributed by atoms with Crippen LogP contribution < -0.4 is 10.5 Å². The number of nitrogens with zero attached hydrogens (tertiary/aromatic N) is 5. The highest BCUT2D eigenvalue weighted by molar-refractivity contribution is 7.22. The van der Waals surface area contributed by atoms with Crippen molar-refractivity contribution in [2.45, 2.75) is 32.6 Å². The monoisotopic (exact) mass is 344 g/mol. The lowest BCUT2D eigenvalue weighted by Gasteiger charge is -2.32. The second-order valence-corrected chi connectivity index (χ2v) is 7.38. The number of fused-ring (bicyclic) bond motifs is 1. The summed E-state index contributed by atoms with van der Waals surface area (Å²) in [6.45, 7) is 5.69. The Morgan fingerprint density at radius 1 is 1.33 bits per heavy atom. The summed E-state index contributed by atoms with van der Waals surface area (Å²) in [5.41, 5.74) is 2.78. The first-order valence-electron chi connectivity index (χ1n) is 8.14. The van der Waals surface area contributed by atoms with Crippen LogP contribution in [-0.2, 0) is 7.05 Å². The molecule has 8 heteroatoms. The molecule has 0 aromatic carbocycles. The number of hydrogen-bond acceptors (Lipinski definition) is 6. The van der Waals surface area contributed by atoms with E-state index < -0.39 is 0 Å². The maximum Gasteiger partial charge on any atom is 0.251 e. The minimum absolute atomic E-state index is 0.0729. The van der Waals surface area contributed by atoms with E-state index in [0.717, 1.165) is 52.8 Å². The molecule has 0 radical (unpaired) electrons. The fraction of sp³-hybridized carbons (Fsp3) is 0.500.